The summed E-state index contributed by atoms with van der Waals surface area (Å²) in [5.41, 5.74) is 5.81. The van der Waals surface area contributed by atoms with Crippen LogP contribution in [0, 0.1) is 0 Å². The summed E-state index contributed by atoms with van der Waals surface area (Å²) in [6, 6.07) is 0. The van der Waals surface area contributed by atoms with Crippen LogP contribution in [-0.4, -0.2) is 21.3 Å². The van der Waals surface area contributed by atoms with E-state index in [1.807, 2.05) is 11.6 Å². The number of nitrogens with zero attached hydrogens (tertiary/aromatic N) is 3. The number of nitrogens with two attached hydrogens (primary N) is 1. The van der Waals surface area contributed by atoms with E-state index in [4.69, 9.17) is 5.73 Å². The van der Waals surface area contributed by atoms with Crippen LogP contribution >= 0.6 is 0 Å². The second kappa shape index (κ2) is 3.87. The van der Waals surface area contributed by atoms with Gasteiger partial charge in [0.25, 0.3) is 0 Å². The molecule has 1 aromatic heterocycles. The summed E-state index contributed by atoms with van der Waals surface area (Å²) in [7, 11) is 1.96. The lowest BCUT2D eigenvalue weighted by atomic mass is 9.81. The monoisotopic (exact) mass is 182 g/mol. The Labute approximate surface area is 79.2 Å². The van der Waals surface area contributed by atoms with Gasteiger partial charge in [0.1, 0.15) is 12.2 Å². The van der Waals surface area contributed by atoms with Crippen molar-refractivity contribution in [3.8, 4) is 0 Å². The first-order valence-electron chi connectivity index (χ1n) is 4.74. The Bertz CT molecular complexity index is 254. The third kappa shape index (κ3) is 1.58. The minimum Gasteiger partial charge on any atom is -0.329 e. The summed E-state index contributed by atoms with van der Waals surface area (Å²) in [5, 5.41) is 8.02. The molecular formula is C9H18N4. The van der Waals surface area contributed by atoms with Crippen molar-refractivity contribution in [1.82, 2.24) is 14.8 Å². The van der Waals surface area contributed by atoms with Gasteiger partial charge in [-0.2, -0.15) is 0 Å². The van der Waals surface area contributed by atoms with Crippen molar-refractivity contribution in [2.24, 2.45) is 12.8 Å². The zero-order valence-electron chi connectivity index (χ0n) is 8.62. The summed E-state index contributed by atoms with van der Waals surface area (Å²) < 4.78 is 1.96. The second-order valence-electron chi connectivity index (χ2n) is 3.46. The molecule has 0 bridgehead atoms. The van der Waals surface area contributed by atoms with E-state index in [1.165, 1.54) is 0 Å². The van der Waals surface area contributed by atoms with Crippen LogP contribution in [0.25, 0.3) is 0 Å². The van der Waals surface area contributed by atoms with Crippen molar-refractivity contribution in [3.05, 3.63) is 12.2 Å². The lowest BCUT2D eigenvalue weighted by Gasteiger charge is -2.28. The van der Waals surface area contributed by atoms with Crippen molar-refractivity contribution < 1.29 is 0 Å². The average Bonchev–Trinajstić information content (AvgIpc) is 2.57. The van der Waals surface area contributed by atoms with Gasteiger partial charge in [-0.05, 0) is 12.8 Å². The molecule has 0 aliphatic carbocycles. The van der Waals surface area contributed by atoms with Gasteiger partial charge >= 0.3 is 0 Å². The van der Waals surface area contributed by atoms with Crippen LogP contribution < -0.4 is 5.73 Å². The smallest absolute Gasteiger partial charge is 0.140 e. The van der Waals surface area contributed by atoms with E-state index >= 15 is 0 Å². The largest absolute Gasteiger partial charge is 0.329 e. The Morgan fingerprint density at radius 1 is 1.46 bits per heavy atom. The van der Waals surface area contributed by atoms with Crippen molar-refractivity contribution in [2.75, 3.05) is 6.54 Å². The van der Waals surface area contributed by atoms with Gasteiger partial charge in [0.05, 0.1) is 0 Å². The molecule has 0 aliphatic rings. The van der Waals surface area contributed by atoms with Gasteiger partial charge in [0, 0.05) is 19.0 Å². The van der Waals surface area contributed by atoms with E-state index in [9.17, 15) is 0 Å². The Hall–Kier alpha value is -0.900. The number of aromatic nitrogens is 3. The van der Waals surface area contributed by atoms with Crippen LogP contribution in [0.2, 0.25) is 0 Å². The third-order valence-corrected chi connectivity index (χ3v) is 2.93. The molecule has 0 saturated heterocycles. The first-order chi connectivity index (χ1) is 6.20. The minimum atomic E-state index is 0.00521. The van der Waals surface area contributed by atoms with Gasteiger partial charge in [-0.15, -0.1) is 10.2 Å². The quantitative estimate of drug-likeness (QED) is 0.750. The van der Waals surface area contributed by atoms with Gasteiger partial charge in [-0.3, -0.25) is 0 Å². The van der Waals surface area contributed by atoms with Crippen LogP contribution in [0.15, 0.2) is 6.33 Å². The molecule has 0 aromatic carbocycles. The predicted octanol–water partition coefficient (Wildman–Crippen LogP) is 0.832. The van der Waals surface area contributed by atoms with Crippen molar-refractivity contribution in [1.29, 1.82) is 0 Å². The van der Waals surface area contributed by atoms with E-state index < -0.39 is 0 Å². The van der Waals surface area contributed by atoms with Crippen molar-refractivity contribution in [2.45, 2.75) is 32.1 Å². The maximum atomic E-state index is 5.81. The van der Waals surface area contributed by atoms with E-state index in [2.05, 4.69) is 24.0 Å². The molecule has 1 heterocycles. The normalized spacial score (nSPS) is 12.0. The van der Waals surface area contributed by atoms with Crippen molar-refractivity contribution >= 4 is 0 Å². The van der Waals surface area contributed by atoms with Crippen LogP contribution in [-0.2, 0) is 12.5 Å². The highest BCUT2D eigenvalue weighted by molar-refractivity contribution is 5.07. The molecule has 1 aromatic rings. The molecule has 0 spiro atoms. The SMILES string of the molecule is CCC(CC)(CN)c1nncn1C. The standard InChI is InChI=1S/C9H18N4/c1-4-9(5-2,6-10)8-12-11-7-13(8)3/h7H,4-6,10H2,1-3H3. The summed E-state index contributed by atoms with van der Waals surface area (Å²) in [6.07, 6.45) is 3.74. The molecule has 13 heavy (non-hydrogen) atoms. The molecule has 1 rings (SSSR count). The molecule has 0 aliphatic heterocycles. The Morgan fingerprint density at radius 3 is 2.38 bits per heavy atom. The summed E-state index contributed by atoms with van der Waals surface area (Å²) in [6.45, 7) is 4.92. The zero-order valence-corrected chi connectivity index (χ0v) is 8.62. The van der Waals surface area contributed by atoms with Gasteiger partial charge in [-0.1, -0.05) is 13.8 Å². The van der Waals surface area contributed by atoms with Crippen LogP contribution in [0.3, 0.4) is 0 Å². The number of aryl methyl sites for hydroxylation is 1. The maximum Gasteiger partial charge on any atom is 0.140 e. The van der Waals surface area contributed by atoms with Gasteiger partial charge in [0.2, 0.25) is 0 Å². The summed E-state index contributed by atoms with van der Waals surface area (Å²) >= 11 is 0. The maximum absolute atomic E-state index is 5.81. The van der Waals surface area contributed by atoms with Gasteiger partial charge in [0.15, 0.2) is 0 Å². The highest BCUT2D eigenvalue weighted by Gasteiger charge is 2.31. The molecule has 0 unspecified atom stereocenters. The van der Waals surface area contributed by atoms with E-state index in [0.29, 0.717) is 6.54 Å². The Kier molecular flexibility index (Phi) is 3.03. The molecule has 0 saturated carbocycles. The van der Waals surface area contributed by atoms with Crippen LogP contribution in [0.1, 0.15) is 32.5 Å². The van der Waals surface area contributed by atoms with Crippen LogP contribution in [0.5, 0.6) is 0 Å². The summed E-state index contributed by atoms with van der Waals surface area (Å²) in [4.78, 5) is 0. The molecular weight excluding hydrogens is 164 g/mol. The molecule has 74 valence electrons. The fourth-order valence-electron chi connectivity index (χ4n) is 1.71. The Balaban J connectivity index is 3.07. The minimum absolute atomic E-state index is 0.00521. The zero-order chi connectivity index (χ0) is 9.90. The Morgan fingerprint density at radius 2 is 2.08 bits per heavy atom. The predicted molar refractivity (Wildman–Crippen MR) is 52.3 cm³/mol. The third-order valence-electron chi connectivity index (χ3n) is 2.93. The molecule has 4 nitrogen and oxygen atoms in total. The second-order valence-corrected chi connectivity index (χ2v) is 3.46. The molecule has 0 amide bonds. The summed E-state index contributed by atoms with van der Waals surface area (Å²) in [5.74, 6) is 1.00. The van der Waals surface area contributed by atoms with E-state index in [-0.39, 0.29) is 5.41 Å². The van der Waals surface area contributed by atoms with Crippen molar-refractivity contribution in [3.63, 3.8) is 0 Å². The number of rotatable bonds is 4. The highest BCUT2D eigenvalue weighted by Crippen LogP contribution is 2.27. The fraction of sp³-hybridized carbons (Fsp3) is 0.778. The highest BCUT2D eigenvalue weighted by atomic mass is 15.3. The first-order valence-corrected chi connectivity index (χ1v) is 4.74. The van der Waals surface area contributed by atoms with Gasteiger partial charge in [-0.25, -0.2) is 0 Å². The number of hydrogen-bond donors (Lipinski definition) is 1. The molecule has 0 fully saturated rings. The van der Waals surface area contributed by atoms with E-state index in [1.54, 1.807) is 6.33 Å². The van der Waals surface area contributed by atoms with Gasteiger partial charge < -0.3 is 10.3 Å². The number of hydrogen-bond acceptors (Lipinski definition) is 3. The first kappa shape index (κ1) is 10.2. The molecule has 0 atom stereocenters. The molecule has 4 heteroatoms. The lowest BCUT2D eigenvalue weighted by Crippen LogP contribution is -2.36. The fourth-order valence-corrected chi connectivity index (χ4v) is 1.71. The van der Waals surface area contributed by atoms with E-state index in [0.717, 1.165) is 18.7 Å². The lowest BCUT2D eigenvalue weighted by molar-refractivity contribution is 0.371. The topological polar surface area (TPSA) is 56.7 Å². The molecule has 2 N–H and O–H groups in total. The van der Waals surface area contributed by atoms with Crippen LogP contribution in [0.4, 0.5) is 0 Å². The molecule has 0 radical (unpaired) electrons. The average molecular weight is 182 g/mol.